The zero-order valence-corrected chi connectivity index (χ0v) is 12.8. The highest BCUT2D eigenvalue weighted by Crippen LogP contribution is 2.31. The Balaban J connectivity index is 2.06. The number of nitrogens with zero attached hydrogens (tertiary/aromatic N) is 3. The first kappa shape index (κ1) is 14.8. The number of morpholine rings is 1. The predicted octanol–water partition coefficient (Wildman–Crippen LogP) is 2.35. The molecule has 1 aliphatic rings. The third-order valence-corrected chi connectivity index (χ3v) is 3.86. The molecule has 1 aromatic carbocycles. The zero-order chi connectivity index (χ0) is 15.5. The fraction of sp³-hybridized carbons (Fsp3) is 0.412. The van der Waals surface area contributed by atoms with Crippen LogP contribution in [0.5, 0.6) is 0 Å². The van der Waals surface area contributed by atoms with Gasteiger partial charge in [-0.15, -0.1) is 0 Å². The lowest BCUT2D eigenvalue weighted by molar-refractivity contribution is -0.0510. The van der Waals surface area contributed by atoms with Crippen molar-refractivity contribution in [3.05, 3.63) is 36.0 Å². The van der Waals surface area contributed by atoms with Gasteiger partial charge >= 0.3 is 0 Å². The third-order valence-electron chi connectivity index (χ3n) is 3.86. The molecule has 2 heterocycles. The normalized spacial score (nSPS) is 21.8. The maximum atomic E-state index is 9.47. The number of ether oxygens (including phenoxy) is 2. The Bertz CT molecular complexity index is 711. The number of aromatic nitrogens is 1. The van der Waals surface area contributed by atoms with E-state index in [-0.39, 0.29) is 12.2 Å². The zero-order valence-electron chi connectivity index (χ0n) is 12.8. The molecule has 1 saturated heterocycles. The molecule has 0 spiro atoms. The van der Waals surface area contributed by atoms with E-state index in [9.17, 15) is 5.26 Å². The van der Waals surface area contributed by atoms with E-state index >= 15 is 0 Å². The molecular formula is C17H19N3O2. The number of fused-ring (bicyclic) bond motifs is 1. The molecule has 2 aromatic rings. The standard InChI is InChI=1S/C17H19N3O2/c1-12-9-20(10-14(22-12)11-21-2)17-13(7-18)8-19-16-6-4-3-5-15(16)17/h3-6,8,12,14H,9-11H2,1-2H3. The van der Waals surface area contributed by atoms with Gasteiger partial charge in [-0.3, -0.25) is 4.98 Å². The minimum atomic E-state index is 0.00669. The molecule has 0 aliphatic carbocycles. The van der Waals surface area contributed by atoms with Crippen LogP contribution < -0.4 is 4.90 Å². The van der Waals surface area contributed by atoms with E-state index in [4.69, 9.17) is 9.47 Å². The Kier molecular flexibility index (Phi) is 4.23. The van der Waals surface area contributed by atoms with Gasteiger partial charge in [0.05, 0.1) is 35.6 Å². The summed E-state index contributed by atoms with van der Waals surface area (Å²) in [6.45, 7) is 4.06. The Morgan fingerprint density at radius 3 is 3.00 bits per heavy atom. The van der Waals surface area contributed by atoms with Gasteiger partial charge in [-0.1, -0.05) is 18.2 Å². The molecule has 5 nitrogen and oxygen atoms in total. The fourth-order valence-electron chi connectivity index (χ4n) is 3.06. The van der Waals surface area contributed by atoms with Gasteiger partial charge in [0.15, 0.2) is 0 Å². The number of pyridine rings is 1. The van der Waals surface area contributed by atoms with Gasteiger partial charge in [-0.25, -0.2) is 0 Å². The molecule has 0 saturated carbocycles. The Labute approximate surface area is 130 Å². The molecule has 2 atom stereocenters. The van der Waals surface area contributed by atoms with E-state index in [1.54, 1.807) is 13.3 Å². The van der Waals surface area contributed by atoms with Crippen LogP contribution in [-0.4, -0.2) is 44.0 Å². The monoisotopic (exact) mass is 297 g/mol. The van der Waals surface area contributed by atoms with E-state index in [1.807, 2.05) is 31.2 Å². The van der Waals surface area contributed by atoms with Crippen molar-refractivity contribution in [1.29, 1.82) is 5.26 Å². The predicted molar refractivity (Wildman–Crippen MR) is 84.9 cm³/mol. The molecule has 5 heteroatoms. The second-order valence-electron chi connectivity index (χ2n) is 5.58. The van der Waals surface area contributed by atoms with Crippen molar-refractivity contribution >= 4 is 16.6 Å². The minimum absolute atomic E-state index is 0.00669. The molecule has 1 aliphatic heterocycles. The average molecular weight is 297 g/mol. The summed E-state index contributed by atoms with van der Waals surface area (Å²) in [5, 5.41) is 10.5. The maximum Gasteiger partial charge on any atom is 0.103 e. The highest BCUT2D eigenvalue weighted by molar-refractivity contribution is 5.94. The van der Waals surface area contributed by atoms with Gasteiger partial charge in [0.2, 0.25) is 0 Å². The van der Waals surface area contributed by atoms with Crippen molar-refractivity contribution in [1.82, 2.24) is 4.98 Å². The molecule has 3 rings (SSSR count). The Morgan fingerprint density at radius 2 is 2.23 bits per heavy atom. The topological polar surface area (TPSA) is 58.4 Å². The third kappa shape index (κ3) is 2.76. The number of hydrogen-bond donors (Lipinski definition) is 0. The lowest BCUT2D eigenvalue weighted by Gasteiger charge is -2.38. The number of benzene rings is 1. The first-order valence-electron chi connectivity index (χ1n) is 7.40. The Hall–Kier alpha value is -2.16. The molecule has 114 valence electrons. The van der Waals surface area contributed by atoms with Gasteiger partial charge in [0.25, 0.3) is 0 Å². The summed E-state index contributed by atoms with van der Waals surface area (Å²) in [7, 11) is 1.68. The summed E-state index contributed by atoms with van der Waals surface area (Å²) in [6, 6.07) is 10.2. The average Bonchev–Trinajstić information content (AvgIpc) is 2.53. The van der Waals surface area contributed by atoms with E-state index in [1.165, 1.54) is 0 Å². The number of hydrogen-bond acceptors (Lipinski definition) is 5. The van der Waals surface area contributed by atoms with Crippen molar-refractivity contribution < 1.29 is 9.47 Å². The van der Waals surface area contributed by atoms with Crippen molar-refractivity contribution in [2.24, 2.45) is 0 Å². The number of para-hydroxylation sites is 1. The van der Waals surface area contributed by atoms with Crippen molar-refractivity contribution in [3.8, 4) is 6.07 Å². The van der Waals surface area contributed by atoms with Crippen LogP contribution in [0.25, 0.3) is 10.9 Å². The van der Waals surface area contributed by atoms with E-state index in [0.29, 0.717) is 18.7 Å². The molecule has 2 unspecified atom stereocenters. The van der Waals surface area contributed by atoms with Crippen LogP contribution in [-0.2, 0) is 9.47 Å². The lowest BCUT2D eigenvalue weighted by atomic mass is 10.1. The number of nitriles is 1. The Morgan fingerprint density at radius 1 is 1.41 bits per heavy atom. The van der Waals surface area contributed by atoms with Crippen LogP contribution in [0.15, 0.2) is 30.5 Å². The van der Waals surface area contributed by atoms with Gasteiger partial charge in [0, 0.05) is 31.8 Å². The summed E-state index contributed by atoms with van der Waals surface area (Å²) in [6.07, 6.45) is 1.75. The second-order valence-corrected chi connectivity index (χ2v) is 5.58. The van der Waals surface area contributed by atoms with Crippen LogP contribution >= 0.6 is 0 Å². The molecule has 1 fully saturated rings. The van der Waals surface area contributed by atoms with Crippen LogP contribution in [0.2, 0.25) is 0 Å². The van der Waals surface area contributed by atoms with Crippen LogP contribution in [0.1, 0.15) is 12.5 Å². The number of rotatable bonds is 3. The van der Waals surface area contributed by atoms with E-state index < -0.39 is 0 Å². The quantitative estimate of drug-likeness (QED) is 0.870. The fourth-order valence-corrected chi connectivity index (χ4v) is 3.06. The first-order chi connectivity index (χ1) is 10.7. The summed E-state index contributed by atoms with van der Waals surface area (Å²) < 4.78 is 11.1. The summed E-state index contributed by atoms with van der Waals surface area (Å²) >= 11 is 0. The molecule has 1 aromatic heterocycles. The number of methoxy groups -OCH3 is 1. The highest BCUT2D eigenvalue weighted by Gasteiger charge is 2.28. The highest BCUT2D eigenvalue weighted by atomic mass is 16.5. The van der Waals surface area contributed by atoms with E-state index in [0.717, 1.165) is 23.1 Å². The molecule has 0 amide bonds. The van der Waals surface area contributed by atoms with Crippen LogP contribution in [0.3, 0.4) is 0 Å². The van der Waals surface area contributed by atoms with Gasteiger partial charge in [0.1, 0.15) is 6.07 Å². The van der Waals surface area contributed by atoms with Crippen molar-refractivity contribution in [3.63, 3.8) is 0 Å². The lowest BCUT2D eigenvalue weighted by Crippen LogP contribution is -2.48. The first-order valence-corrected chi connectivity index (χ1v) is 7.40. The minimum Gasteiger partial charge on any atom is -0.382 e. The summed E-state index contributed by atoms with van der Waals surface area (Å²) in [4.78, 5) is 6.60. The van der Waals surface area contributed by atoms with Gasteiger partial charge in [-0.05, 0) is 13.0 Å². The summed E-state index contributed by atoms with van der Waals surface area (Å²) in [5.74, 6) is 0. The molecule has 22 heavy (non-hydrogen) atoms. The molecular weight excluding hydrogens is 278 g/mol. The molecule has 0 radical (unpaired) electrons. The molecule has 0 bridgehead atoms. The largest absolute Gasteiger partial charge is 0.382 e. The van der Waals surface area contributed by atoms with Crippen LogP contribution in [0.4, 0.5) is 5.69 Å². The summed E-state index contributed by atoms with van der Waals surface area (Å²) in [5.41, 5.74) is 2.45. The van der Waals surface area contributed by atoms with Crippen LogP contribution in [0, 0.1) is 11.3 Å². The SMILES string of the molecule is COCC1CN(c2c(C#N)cnc3ccccc23)CC(C)O1. The van der Waals surface area contributed by atoms with E-state index in [2.05, 4.69) is 16.0 Å². The number of anilines is 1. The molecule has 0 N–H and O–H groups in total. The second kappa shape index (κ2) is 6.30. The van der Waals surface area contributed by atoms with Gasteiger partial charge in [-0.2, -0.15) is 5.26 Å². The smallest absolute Gasteiger partial charge is 0.103 e. The maximum absolute atomic E-state index is 9.47. The van der Waals surface area contributed by atoms with Crippen molar-refractivity contribution in [2.75, 3.05) is 31.7 Å². The van der Waals surface area contributed by atoms with Crippen molar-refractivity contribution in [2.45, 2.75) is 19.1 Å². The van der Waals surface area contributed by atoms with Gasteiger partial charge < -0.3 is 14.4 Å².